The third kappa shape index (κ3) is 0.778. The smallest absolute Gasteiger partial charge is 0.190 e. The number of nitrogens with one attached hydrogen (secondary N) is 1. The van der Waals surface area contributed by atoms with E-state index in [4.69, 9.17) is 0 Å². The third-order valence-electron chi connectivity index (χ3n) is 2.22. The van der Waals surface area contributed by atoms with Gasteiger partial charge in [-0.05, 0) is 13.0 Å². The number of nitrogens with zero attached hydrogens (tertiary/aromatic N) is 1. The van der Waals surface area contributed by atoms with Crippen molar-refractivity contribution in [1.29, 1.82) is 0 Å². The van der Waals surface area contributed by atoms with E-state index in [9.17, 15) is 4.79 Å². The monoisotopic (exact) mass is 138 g/mol. The summed E-state index contributed by atoms with van der Waals surface area (Å²) in [5.41, 5.74) is 0. The van der Waals surface area contributed by atoms with Crippen LogP contribution in [-0.2, 0) is 4.79 Å². The van der Waals surface area contributed by atoms with E-state index < -0.39 is 0 Å². The van der Waals surface area contributed by atoms with Crippen LogP contribution in [0.2, 0.25) is 0 Å². The number of carbonyl (C=O) groups is 1. The number of carbonyl (C=O) groups excluding carboxylic acids is 1. The standard InChI is InChI=1S/C7H10N2O/c10-6-4-8-3-5-1-2-9-7(5)6/h4-5,7,9H,1-3H2. The normalized spacial score (nSPS) is 38.2. The molecule has 2 rings (SSSR count). The number of hydrogen-bond acceptors (Lipinski definition) is 3. The molecule has 0 amide bonds. The van der Waals surface area contributed by atoms with Crippen molar-refractivity contribution in [3.05, 3.63) is 0 Å². The average molecular weight is 138 g/mol. The first-order chi connectivity index (χ1) is 4.88. The van der Waals surface area contributed by atoms with Gasteiger partial charge in [-0.15, -0.1) is 0 Å². The fraction of sp³-hybridized carbons (Fsp3) is 0.714. The predicted molar refractivity (Wildman–Crippen MR) is 38.3 cm³/mol. The van der Waals surface area contributed by atoms with Crippen molar-refractivity contribution in [1.82, 2.24) is 5.32 Å². The number of rotatable bonds is 0. The SMILES string of the molecule is O=C1C=NCC2CCNC12. The van der Waals surface area contributed by atoms with E-state index in [0.717, 1.165) is 19.5 Å². The van der Waals surface area contributed by atoms with Crippen LogP contribution in [0.25, 0.3) is 0 Å². The van der Waals surface area contributed by atoms with E-state index in [0.29, 0.717) is 5.92 Å². The fourth-order valence-electron chi connectivity index (χ4n) is 1.65. The number of Topliss-reactive ketones (excluding diaryl/α,β-unsaturated/α-hetero) is 1. The van der Waals surface area contributed by atoms with E-state index >= 15 is 0 Å². The lowest BCUT2D eigenvalue weighted by atomic mass is 9.96. The first-order valence-electron chi connectivity index (χ1n) is 3.65. The molecule has 1 fully saturated rings. The minimum atomic E-state index is 0.0949. The molecule has 54 valence electrons. The molecule has 2 atom stereocenters. The fourth-order valence-corrected chi connectivity index (χ4v) is 1.65. The van der Waals surface area contributed by atoms with Crippen molar-refractivity contribution in [2.75, 3.05) is 13.1 Å². The molecule has 1 N–H and O–H groups in total. The predicted octanol–water partition coefficient (Wildman–Crippen LogP) is -0.382. The van der Waals surface area contributed by atoms with Crippen molar-refractivity contribution in [2.45, 2.75) is 12.5 Å². The Labute approximate surface area is 59.5 Å². The zero-order valence-electron chi connectivity index (χ0n) is 5.71. The van der Waals surface area contributed by atoms with Crippen LogP contribution in [0.5, 0.6) is 0 Å². The van der Waals surface area contributed by atoms with Crippen LogP contribution in [0.15, 0.2) is 4.99 Å². The summed E-state index contributed by atoms with van der Waals surface area (Å²) < 4.78 is 0. The molecule has 0 aliphatic carbocycles. The molecule has 0 bridgehead atoms. The molecule has 2 aliphatic heterocycles. The van der Waals surface area contributed by atoms with E-state index in [2.05, 4.69) is 10.3 Å². The molecular weight excluding hydrogens is 128 g/mol. The average Bonchev–Trinajstić information content (AvgIpc) is 2.36. The van der Waals surface area contributed by atoms with Crippen molar-refractivity contribution in [2.24, 2.45) is 10.9 Å². The molecule has 0 aromatic heterocycles. The summed E-state index contributed by atoms with van der Waals surface area (Å²) in [5.74, 6) is 0.645. The molecule has 0 spiro atoms. The van der Waals surface area contributed by atoms with Gasteiger partial charge in [-0.2, -0.15) is 0 Å². The molecule has 0 saturated carbocycles. The summed E-state index contributed by atoms with van der Waals surface area (Å²) >= 11 is 0. The second kappa shape index (κ2) is 2.16. The Morgan fingerprint density at radius 3 is 3.40 bits per heavy atom. The van der Waals surface area contributed by atoms with Gasteiger partial charge in [0.05, 0.1) is 12.3 Å². The summed E-state index contributed by atoms with van der Waals surface area (Å²) in [6.45, 7) is 1.81. The van der Waals surface area contributed by atoms with Crippen LogP contribution in [0.1, 0.15) is 6.42 Å². The molecule has 3 nitrogen and oxygen atoms in total. The highest BCUT2D eigenvalue weighted by Gasteiger charge is 2.33. The Balaban J connectivity index is 2.20. The Bertz CT molecular complexity index is 188. The second-order valence-corrected chi connectivity index (χ2v) is 2.88. The maximum atomic E-state index is 11.1. The van der Waals surface area contributed by atoms with Crippen molar-refractivity contribution in [3.8, 4) is 0 Å². The number of hydrogen-bond donors (Lipinski definition) is 1. The summed E-state index contributed by atoms with van der Waals surface area (Å²) in [4.78, 5) is 15.1. The third-order valence-corrected chi connectivity index (χ3v) is 2.22. The van der Waals surface area contributed by atoms with Gasteiger partial charge in [-0.3, -0.25) is 9.79 Å². The molecule has 1 saturated heterocycles. The largest absolute Gasteiger partial charge is 0.307 e. The van der Waals surface area contributed by atoms with Gasteiger partial charge in [0.2, 0.25) is 0 Å². The summed E-state index contributed by atoms with van der Waals surface area (Å²) in [6, 6.07) is 0.0949. The number of aliphatic imine (C=N–C) groups is 1. The highest BCUT2D eigenvalue weighted by atomic mass is 16.1. The van der Waals surface area contributed by atoms with Crippen LogP contribution in [-0.4, -0.2) is 31.1 Å². The Morgan fingerprint density at radius 1 is 1.70 bits per heavy atom. The van der Waals surface area contributed by atoms with E-state index in [1.54, 1.807) is 0 Å². The highest BCUT2D eigenvalue weighted by molar-refractivity contribution is 6.30. The van der Waals surface area contributed by atoms with Gasteiger partial charge in [-0.1, -0.05) is 0 Å². The topological polar surface area (TPSA) is 41.5 Å². The van der Waals surface area contributed by atoms with Gasteiger partial charge in [-0.25, -0.2) is 0 Å². The molecule has 2 heterocycles. The van der Waals surface area contributed by atoms with Gasteiger partial charge in [0.15, 0.2) is 5.78 Å². The lowest BCUT2D eigenvalue weighted by Crippen LogP contribution is -2.40. The van der Waals surface area contributed by atoms with Crippen LogP contribution < -0.4 is 5.32 Å². The maximum Gasteiger partial charge on any atom is 0.190 e. The first-order valence-corrected chi connectivity index (χ1v) is 3.65. The lowest BCUT2D eigenvalue weighted by Gasteiger charge is -2.17. The Kier molecular flexibility index (Phi) is 1.31. The molecule has 0 radical (unpaired) electrons. The second-order valence-electron chi connectivity index (χ2n) is 2.88. The summed E-state index contributed by atoms with van der Waals surface area (Å²) in [6.07, 6.45) is 2.56. The minimum absolute atomic E-state index is 0.0949. The molecule has 3 heteroatoms. The maximum absolute atomic E-state index is 11.1. The van der Waals surface area contributed by atoms with Gasteiger partial charge >= 0.3 is 0 Å². The summed E-state index contributed by atoms with van der Waals surface area (Å²) in [5, 5.41) is 3.17. The molecule has 0 aromatic rings. The van der Waals surface area contributed by atoms with Crippen molar-refractivity contribution < 1.29 is 4.79 Å². The lowest BCUT2D eigenvalue weighted by molar-refractivity contribution is -0.115. The van der Waals surface area contributed by atoms with Gasteiger partial charge in [0, 0.05) is 12.5 Å². The van der Waals surface area contributed by atoms with Crippen molar-refractivity contribution in [3.63, 3.8) is 0 Å². The van der Waals surface area contributed by atoms with Gasteiger partial charge in [0.1, 0.15) is 0 Å². The Morgan fingerprint density at radius 2 is 2.60 bits per heavy atom. The quantitative estimate of drug-likeness (QED) is 0.495. The number of fused-ring (bicyclic) bond motifs is 1. The zero-order valence-corrected chi connectivity index (χ0v) is 5.71. The van der Waals surface area contributed by atoms with Crippen LogP contribution >= 0.6 is 0 Å². The highest BCUT2D eigenvalue weighted by Crippen LogP contribution is 2.18. The molecule has 10 heavy (non-hydrogen) atoms. The van der Waals surface area contributed by atoms with E-state index in [-0.39, 0.29) is 11.8 Å². The Hall–Kier alpha value is -0.700. The first kappa shape index (κ1) is 6.04. The minimum Gasteiger partial charge on any atom is -0.307 e. The number of ketones is 1. The van der Waals surface area contributed by atoms with Gasteiger partial charge < -0.3 is 5.32 Å². The van der Waals surface area contributed by atoms with Crippen molar-refractivity contribution >= 4 is 12.0 Å². The summed E-state index contributed by atoms with van der Waals surface area (Å²) in [7, 11) is 0. The van der Waals surface area contributed by atoms with Crippen LogP contribution in [0.3, 0.4) is 0 Å². The van der Waals surface area contributed by atoms with Gasteiger partial charge in [0.25, 0.3) is 0 Å². The molecular formula is C7H10N2O. The van der Waals surface area contributed by atoms with E-state index in [1.807, 2.05) is 0 Å². The molecule has 2 aliphatic rings. The van der Waals surface area contributed by atoms with Crippen LogP contribution in [0, 0.1) is 5.92 Å². The molecule has 0 aromatic carbocycles. The van der Waals surface area contributed by atoms with E-state index in [1.165, 1.54) is 6.21 Å². The molecule has 2 unspecified atom stereocenters. The zero-order chi connectivity index (χ0) is 6.97. The van der Waals surface area contributed by atoms with Crippen LogP contribution in [0.4, 0.5) is 0 Å².